The lowest BCUT2D eigenvalue weighted by atomic mass is 10.2. The molecule has 0 unspecified atom stereocenters. The van der Waals surface area contributed by atoms with Crippen molar-refractivity contribution in [3.63, 3.8) is 0 Å². The summed E-state index contributed by atoms with van der Waals surface area (Å²) in [6, 6.07) is 9.85. The van der Waals surface area contributed by atoms with Gasteiger partial charge in [-0.1, -0.05) is 11.6 Å². The number of halogens is 2. The minimum absolute atomic E-state index is 0.261. The van der Waals surface area contributed by atoms with E-state index in [2.05, 4.69) is 0 Å². The normalized spacial score (nSPS) is 10.4. The highest BCUT2D eigenvalue weighted by Gasteiger charge is 2.05. The molecule has 3 heteroatoms. The average Bonchev–Trinajstić information content (AvgIpc) is 2.25. The second-order valence-corrected chi connectivity index (χ2v) is 4.36. The number of benzene rings is 2. The molecule has 0 fully saturated rings. The summed E-state index contributed by atoms with van der Waals surface area (Å²) in [5, 5.41) is 0.672. The van der Waals surface area contributed by atoms with Gasteiger partial charge in [0.05, 0.1) is 0 Å². The van der Waals surface area contributed by atoms with E-state index in [9.17, 15) is 4.39 Å². The van der Waals surface area contributed by atoms with Crippen molar-refractivity contribution in [2.45, 2.75) is 13.8 Å². The molecule has 17 heavy (non-hydrogen) atoms. The maximum absolute atomic E-state index is 12.9. The second kappa shape index (κ2) is 4.76. The van der Waals surface area contributed by atoms with Gasteiger partial charge in [0, 0.05) is 5.02 Å². The average molecular weight is 251 g/mol. The lowest BCUT2D eigenvalue weighted by molar-refractivity contribution is 0.473. The molecule has 0 atom stereocenters. The Morgan fingerprint density at radius 3 is 2.12 bits per heavy atom. The van der Waals surface area contributed by atoms with Crippen molar-refractivity contribution in [2.24, 2.45) is 0 Å². The largest absolute Gasteiger partial charge is 0.457 e. The van der Waals surface area contributed by atoms with E-state index in [-0.39, 0.29) is 5.82 Å². The van der Waals surface area contributed by atoms with E-state index in [1.165, 1.54) is 12.1 Å². The van der Waals surface area contributed by atoms with Crippen LogP contribution in [0.1, 0.15) is 11.1 Å². The lowest BCUT2D eigenvalue weighted by Crippen LogP contribution is -1.90. The zero-order valence-electron chi connectivity index (χ0n) is 9.63. The van der Waals surface area contributed by atoms with Gasteiger partial charge in [-0.2, -0.15) is 0 Å². The second-order valence-electron chi connectivity index (χ2n) is 3.92. The number of ether oxygens (including phenoxy) is 1. The van der Waals surface area contributed by atoms with E-state index >= 15 is 0 Å². The molecule has 0 heterocycles. The van der Waals surface area contributed by atoms with Crippen LogP contribution in [0.3, 0.4) is 0 Å². The highest BCUT2D eigenvalue weighted by Crippen LogP contribution is 2.29. The Morgan fingerprint density at radius 2 is 1.53 bits per heavy atom. The summed E-state index contributed by atoms with van der Waals surface area (Å²) in [5.41, 5.74) is 1.71. The molecule has 0 radical (unpaired) electrons. The third-order valence-electron chi connectivity index (χ3n) is 2.49. The van der Waals surface area contributed by atoms with Crippen molar-refractivity contribution < 1.29 is 9.13 Å². The first-order chi connectivity index (χ1) is 8.06. The molecule has 1 nitrogen and oxygen atoms in total. The van der Waals surface area contributed by atoms with Crippen LogP contribution in [0.4, 0.5) is 4.39 Å². The van der Waals surface area contributed by atoms with E-state index in [0.717, 1.165) is 16.9 Å². The van der Waals surface area contributed by atoms with Gasteiger partial charge < -0.3 is 4.74 Å². The third-order valence-corrected chi connectivity index (χ3v) is 2.73. The first-order valence-corrected chi connectivity index (χ1v) is 5.64. The predicted octanol–water partition coefficient (Wildman–Crippen LogP) is 4.89. The van der Waals surface area contributed by atoms with Crippen molar-refractivity contribution in [3.8, 4) is 11.5 Å². The molecule has 2 aromatic rings. The minimum atomic E-state index is -0.261. The molecule has 0 bridgehead atoms. The Morgan fingerprint density at radius 1 is 0.941 bits per heavy atom. The van der Waals surface area contributed by atoms with Gasteiger partial charge >= 0.3 is 0 Å². The van der Waals surface area contributed by atoms with Crippen LogP contribution < -0.4 is 4.74 Å². The van der Waals surface area contributed by atoms with Crippen molar-refractivity contribution >= 4 is 11.6 Å². The molecule has 2 rings (SSSR count). The molecule has 0 aliphatic heterocycles. The van der Waals surface area contributed by atoms with Gasteiger partial charge in [-0.05, 0) is 61.4 Å². The highest BCUT2D eigenvalue weighted by atomic mass is 35.5. The topological polar surface area (TPSA) is 9.23 Å². The van der Waals surface area contributed by atoms with Crippen LogP contribution in [-0.2, 0) is 0 Å². The van der Waals surface area contributed by atoms with Crippen LogP contribution >= 0.6 is 11.6 Å². The summed E-state index contributed by atoms with van der Waals surface area (Å²) in [6.45, 7) is 3.73. The molecule has 0 saturated carbocycles. The monoisotopic (exact) mass is 250 g/mol. The molecule has 0 N–H and O–H groups in total. The van der Waals surface area contributed by atoms with Crippen molar-refractivity contribution in [3.05, 3.63) is 58.4 Å². The Labute approximate surface area is 105 Å². The molecular weight excluding hydrogens is 239 g/mol. The Bertz CT molecular complexity index is 502. The summed E-state index contributed by atoms with van der Waals surface area (Å²) < 4.78 is 18.7. The van der Waals surface area contributed by atoms with Gasteiger partial charge in [-0.15, -0.1) is 0 Å². The fraction of sp³-hybridized carbons (Fsp3) is 0.143. The smallest absolute Gasteiger partial charge is 0.130 e. The van der Waals surface area contributed by atoms with Crippen molar-refractivity contribution in [1.82, 2.24) is 0 Å². The van der Waals surface area contributed by atoms with Crippen molar-refractivity contribution in [2.75, 3.05) is 0 Å². The minimum Gasteiger partial charge on any atom is -0.457 e. The van der Waals surface area contributed by atoms with Gasteiger partial charge in [0.25, 0.3) is 0 Å². The number of hydrogen-bond donors (Lipinski definition) is 0. The molecule has 0 spiro atoms. The SMILES string of the molecule is Cc1cc(F)ccc1Oc1ccc(Cl)cc1C. The van der Waals surface area contributed by atoms with E-state index in [4.69, 9.17) is 16.3 Å². The summed E-state index contributed by atoms with van der Waals surface area (Å²) in [7, 11) is 0. The van der Waals surface area contributed by atoms with E-state index in [1.54, 1.807) is 18.2 Å². The van der Waals surface area contributed by atoms with E-state index in [0.29, 0.717) is 10.8 Å². The molecule has 0 aromatic heterocycles. The quantitative estimate of drug-likeness (QED) is 0.737. The fourth-order valence-electron chi connectivity index (χ4n) is 1.57. The maximum Gasteiger partial charge on any atom is 0.130 e. The van der Waals surface area contributed by atoms with Crippen molar-refractivity contribution in [1.29, 1.82) is 0 Å². The lowest BCUT2D eigenvalue weighted by Gasteiger charge is -2.11. The van der Waals surface area contributed by atoms with E-state index in [1.807, 2.05) is 19.9 Å². The Kier molecular flexibility index (Phi) is 3.34. The number of aryl methyl sites for hydroxylation is 2. The first kappa shape index (κ1) is 11.9. The van der Waals surface area contributed by atoms with Gasteiger partial charge in [0.1, 0.15) is 17.3 Å². The van der Waals surface area contributed by atoms with Gasteiger partial charge in [0.2, 0.25) is 0 Å². The molecule has 0 amide bonds. The number of hydrogen-bond acceptors (Lipinski definition) is 1. The molecular formula is C14H12ClFO. The maximum atomic E-state index is 12.9. The molecule has 0 aliphatic carbocycles. The van der Waals surface area contributed by atoms with Gasteiger partial charge in [0.15, 0.2) is 0 Å². The molecule has 0 saturated heterocycles. The number of rotatable bonds is 2. The molecule has 2 aromatic carbocycles. The van der Waals surface area contributed by atoms with Crippen LogP contribution in [-0.4, -0.2) is 0 Å². The van der Waals surface area contributed by atoms with Crippen LogP contribution in [0.15, 0.2) is 36.4 Å². The summed E-state index contributed by atoms with van der Waals surface area (Å²) >= 11 is 5.87. The van der Waals surface area contributed by atoms with Crippen LogP contribution in [0, 0.1) is 19.7 Å². The highest BCUT2D eigenvalue weighted by molar-refractivity contribution is 6.30. The summed E-state index contributed by atoms with van der Waals surface area (Å²) in [6.07, 6.45) is 0. The predicted molar refractivity (Wildman–Crippen MR) is 67.4 cm³/mol. The standard InChI is InChI=1S/C14H12ClFO/c1-9-7-11(15)3-5-13(9)17-14-6-4-12(16)8-10(14)2/h3-8H,1-2H3. The van der Waals surface area contributed by atoms with Gasteiger partial charge in [-0.3, -0.25) is 0 Å². The van der Waals surface area contributed by atoms with E-state index < -0.39 is 0 Å². The van der Waals surface area contributed by atoms with Crippen LogP contribution in [0.25, 0.3) is 0 Å². The third kappa shape index (κ3) is 2.77. The summed E-state index contributed by atoms with van der Waals surface area (Å²) in [4.78, 5) is 0. The Hall–Kier alpha value is -1.54. The van der Waals surface area contributed by atoms with Crippen LogP contribution in [0.5, 0.6) is 11.5 Å². The zero-order valence-corrected chi connectivity index (χ0v) is 10.4. The first-order valence-electron chi connectivity index (χ1n) is 5.26. The summed E-state index contributed by atoms with van der Waals surface area (Å²) in [5.74, 6) is 1.11. The van der Waals surface area contributed by atoms with Crippen LogP contribution in [0.2, 0.25) is 5.02 Å². The zero-order chi connectivity index (χ0) is 12.4. The van der Waals surface area contributed by atoms with Gasteiger partial charge in [-0.25, -0.2) is 4.39 Å². The molecule has 88 valence electrons. The molecule has 0 aliphatic rings. The Balaban J connectivity index is 2.31. The fourth-order valence-corrected chi connectivity index (χ4v) is 1.80.